The molecule has 2 aromatic heterocycles. The Morgan fingerprint density at radius 3 is 2.81 bits per heavy atom. The number of hydrogen-bond acceptors (Lipinski definition) is 4. The number of fused-ring (bicyclic) bond motifs is 1. The summed E-state index contributed by atoms with van der Waals surface area (Å²) in [6.45, 7) is 2.42. The summed E-state index contributed by atoms with van der Waals surface area (Å²) in [5.74, 6) is -0.0994. The molecule has 0 atom stereocenters. The van der Waals surface area contributed by atoms with Crippen LogP contribution in [0.15, 0.2) is 48.9 Å². The number of halogens is 1. The predicted molar refractivity (Wildman–Crippen MR) is 121 cm³/mol. The van der Waals surface area contributed by atoms with Crippen molar-refractivity contribution in [2.75, 3.05) is 19.0 Å². The first-order valence-corrected chi connectivity index (χ1v) is 10.4. The fraction of sp³-hybridized carbons (Fsp3) is 0.250. The lowest BCUT2D eigenvalue weighted by Gasteiger charge is -2.26. The molecule has 1 aliphatic heterocycles. The maximum Gasteiger partial charge on any atom is 0.274 e. The van der Waals surface area contributed by atoms with Crippen molar-refractivity contribution >= 4 is 29.1 Å². The molecule has 0 N–H and O–H groups in total. The number of carbonyl (C=O) groups excluding carboxylic acids is 2. The number of pyridine rings is 2. The van der Waals surface area contributed by atoms with Crippen LogP contribution in [0.4, 0.5) is 5.69 Å². The molecule has 2 amide bonds. The van der Waals surface area contributed by atoms with Gasteiger partial charge in [0.2, 0.25) is 5.91 Å². The Morgan fingerprint density at radius 2 is 2.03 bits per heavy atom. The highest BCUT2D eigenvalue weighted by Crippen LogP contribution is 2.33. The van der Waals surface area contributed by atoms with Gasteiger partial charge in [-0.3, -0.25) is 14.6 Å². The number of aryl methyl sites for hydroxylation is 1. The molecule has 3 heterocycles. The zero-order valence-corrected chi connectivity index (χ0v) is 18.5. The van der Waals surface area contributed by atoms with Crippen molar-refractivity contribution in [1.29, 1.82) is 0 Å². The molecule has 1 aliphatic rings. The van der Waals surface area contributed by atoms with Crippen molar-refractivity contribution in [1.82, 2.24) is 14.9 Å². The van der Waals surface area contributed by atoms with Gasteiger partial charge >= 0.3 is 0 Å². The highest BCUT2D eigenvalue weighted by molar-refractivity contribution is 6.33. The van der Waals surface area contributed by atoms with Gasteiger partial charge in [-0.05, 0) is 59.9 Å². The molecule has 3 aromatic rings. The molecule has 0 bridgehead atoms. The fourth-order valence-corrected chi connectivity index (χ4v) is 4.10. The molecule has 158 valence electrons. The smallest absolute Gasteiger partial charge is 0.274 e. The third kappa shape index (κ3) is 4.03. The summed E-state index contributed by atoms with van der Waals surface area (Å²) >= 11 is 6.13. The normalized spacial score (nSPS) is 13.2. The van der Waals surface area contributed by atoms with Crippen LogP contribution in [0.3, 0.4) is 0 Å². The second kappa shape index (κ2) is 8.47. The predicted octanol–water partition coefficient (Wildman–Crippen LogP) is 4.29. The van der Waals surface area contributed by atoms with Crippen LogP contribution in [0.1, 0.15) is 33.6 Å². The summed E-state index contributed by atoms with van der Waals surface area (Å²) in [6.07, 6.45) is 6.44. The number of aromatic nitrogens is 2. The Labute approximate surface area is 186 Å². The number of rotatable bonds is 4. The average Bonchev–Trinajstić information content (AvgIpc) is 2.77. The van der Waals surface area contributed by atoms with Gasteiger partial charge in [-0.25, -0.2) is 4.98 Å². The number of nitrogens with zero attached hydrogens (tertiary/aromatic N) is 4. The van der Waals surface area contributed by atoms with E-state index in [1.807, 2.05) is 32.3 Å². The monoisotopic (exact) mass is 434 g/mol. The van der Waals surface area contributed by atoms with Gasteiger partial charge in [0.25, 0.3) is 5.91 Å². The average molecular weight is 435 g/mol. The van der Waals surface area contributed by atoms with E-state index in [0.29, 0.717) is 18.0 Å². The Kier molecular flexibility index (Phi) is 5.74. The first-order chi connectivity index (χ1) is 14.9. The molecule has 0 saturated heterocycles. The Hall–Kier alpha value is -3.25. The molecule has 4 rings (SSSR count). The van der Waals surface area contributed by atoms with Crippen LogP contribution < -0.4 is 4.90 Å². The largest absolute Gasteiger partial charge is 0.336 e. The van der Waals surface area contributed by atoms with Gasteiger partial charge in [-0.1, -0.05) is 17.7 Å². The van der Waals surface area contributed by atoms with Crippen LogP contribution in [0.25, 0.3) is 11.1 Å². The molecule has 0 fully saturated rings. The SMILES string of the molecule is Cc1c(CN(C)C(=O)c2ncccc2Cl)cncc1-c1ccc2c(c1)CCC(=O)N2C. The Balaban J connectivity index is 1.61. The minimum Gasteiger partial charge on any atom is -0.336 e. The molecular formula is C24H23ClN4O2. The van der Waals surface area contributed by atoms with E-state index < -0.39 is 0 Å². The minimum atomic E-state index is -0.239. The third-order valence-corrected chi connectivity index (χ3v) is 6.07. The summed E-state index contributed by atoms with van der Waals surface area (Å²) in [7, 11) is 3.54. The molecule has 7 heteroatoms. The van der Waals surface area contributed by atoms with Gasteiger partial charge in [0.05, 0.1) is 5.02 Å². The molecule has 0 radical (unpaired) electrons. The van der Waals surface area contributed by atoms with E-state index in [-0.39, 0.29) is 17.5 Å². The molecule has 1 aromatic carbocycles. The van der Waals surface area contributed by atoms with Crippen LogP contribution >= 0.6 is 11.6 Å². The maximum atomic E-state index is 12.8. The van der Waals surface area contributed by atoms with Crippen LogP contribution in [0.2, 0.25) is 5.02 Å². The van der Waals surface area contributed by atoms with E-state index >= 15 is 0 Å². The zero-order chi connectivity index (χ0) is 22.1. The van der Waals surface area contributed by atoms with Gasteiger partial charge in [-0.2, -0.15) is 0 Å². The summed E-state index contributed by atoms with van der Waals surface area (Å²) in [5.41, 5.74) is 6.42. The molecule has 0 aliphatic carbocycles. The summed E-state index contributed by atoms with van der Waals surface area (Å²) in [5, 5.41) is 0.334. The first-order valence-electron chi connectivity index (χ1n) is 10.1. The minimum absolute atomic E-state index is 0.140. The summed E-state index contributed by atoms with van der Waals surface area (Å²) in [4.78, 5) is 36.6. The van der Waals surface area contributed by atoms with Crippen LogP contribution in [-0.4, -0.2) is 40.8 Å². The molecular weight excluding hydrogens is 412 g/mol. The van der Waals surface area contributed by atoms with Gasteiger partial charge in [0.1, 0.15) is 5.69 Å². The lowest BCUT2D eigenvalue weighted by atomic mass is 9.94. The zero-order valence-electron chi connectivity index (χ0n) is 17.7. The molecule has 0 unspecified atom stereocenters. The second-order valence-electron chi connectivity index (χ2n) is 7.76. The number of amides is 2. The number of benzene rings is 1. The number of anilines is 1. The van der Waals surface area contributed by atoms with Crippen LogP contribution in [-0.2, 0) is 17.8 Å². The van der Waals surface area contributed by atoms with Crippen molar-refractivity contribution in [2.24, 2.45) is 0 Å². The van der Waals surface area contributed by atoms with Gasteiger partial charge < -0.3 is 9.80 Å². The van der Waals surface area contributed by atoms with Gasteiger partial charge in [0.15, 0.2) is 0 Å². The molecule has 31 heavy (non-hydrogen) atoms. The van der Waals surface area contributed by atoms with Crippen molar-refractivity contribution < 1.29 is 9.59 Å². The third-order valence-electron chi connectivity index (χ3n) is 5.77. The second-order valence-corrected chi connectivity index (χ2v) is 8.17. The maximum absolute atomic E-state index is 12.8. The van der Waals surface area contributed by atoms with Crippen molar-refractivity contribution in [3.63, 3.8) is 0 Å². The quantitative estimate of drug-likeness (QED) is 0.614. The molecule has 6 nitrogen and oxygen atoms in total. The summed E-state index contributed by atoms with van der Waals surface area (Å²) < 4.78 is 0. The van der Waals surface area contributed by atoms with E-state index in [4.69, 9.17) is 11.6 Å². The van der Waals surface area contributed by atoms with Crippen molar-refractivity contribution in [2.45, 2.75) is 26.3 Å². The Bertz CT molecular complexity index is 1180. The van der Waals surface area contributed by atoms with E-state index in [1.165, 1.54) is 0 Å². The molecule has 0 saturated carbocycles. The topological polar surface area (TPSA) is 66.4 Å². The van der Waals surface area contributed by atoms with Gasteiger partial charge in [0, 0.05) is 56.9 Å². The number of carbonyl (C=O) groups is 2. The van der Waals surface area contributed by atoms with Crippen LogP contribution in [0.5, 0.6) is 0 Å². The van der Waals surface area contributed by atoms with E-state index in [2.05, 4.69) is 16.0 Å². The van der Waals surface area contributed by atoms with E-state index in [0.717, 1.165) is 39.9 Å². The summed E-state index contributed by atoms with van der Waals surface area (Å²) in [6, 6.07) is 9.50. The van der Waals surface area contributed by atoms with E-state index in [1.54, 1.807) is 41.4 Å². The number of hydrogen-bond donors (Lipinski definition) is 0. The van der Waals surface area contributed by atoms with Crippen LogP contribution in [0, 0.1) is 6.92 Å². The lowest BCUT2D eigenvalue weighted by Crippen LogP contribution is -2.31. The lowest BCUT2D eigenvalue weighted by molar-refractivity contribution is -0.118. The fourth-order valence-electron chi connectivity index (χ4n) is 3.89. The standard InChI is InChI=1S/C24H23ClN4O2/c1-15-18(14-28(2)24(31)23-20(25)5-4-10-27-23)12-26-13-19(15)16-6-8-21-17(11-16)7-9-22(30)29(21)3/h4-6,8,10-13H,7,9,14H2,1-3H3. The highest BCUT2D eigenvalue weighted by Gasteiger charge is 2.22. The van der Waals surface area contributed by atoms with Crippen molar-refractivity contribution in [3.05, 3.63) is 76.3 Å². The molecule has 0 spiro atoms. The van der Waals surface area contributed by atoms with Crippen molar-refractivity contribution in [3.8, 4) is 11.1 Å². The van der Waals surface area contributed by atoms with Gasteiger partial charge in [-0.15, -0.1) is 0 Å². The van der Waals surface area contributed by atoms with E-state index in [9.17, 15) is 9.59 Å². The Morgan fingerprint density at radius 1 is 1.23 bits per heavy atom. The highest BCUT2D eigenvalue weighted by atomic mass is 35.5. The first kappa shape index (κ1) is 21.0.